The summed E-state index contributed by atoms with van der Waals surface area (Å²) in [6, 6.07) is 0. The molecule has 0 bridgehead atoms. The van der Waals surface area contributed by atoms with Crippen LogP contribution in [0.3, 0.4) is 0 Å². The minimum Gasteiger partial charge on any atom is -0.378 e. The highest BCUT2D eigenvalue weighted by Crippen LogP contribution is 2.69. The van der Waals surface area contributed by atoms with Gasteiger partial charge < -0.3 is 36.7 Å². The number of nitrogens with one attached hydrogen (secondary N) is 1. The molecular weight excluding hydrogens is 536 g/mol. The van der Waals surface area contributed by atoms with E-state index >= 15 is 0 Å². The molecule has 0 saturated heterocycles. The molecule has 0 aromatic heterocycles. The lowest BCUT2D eigenvalue weighted by Crippen LogP contribution is -2.63. The second-order valence-corrected chi connectivity index (χ2v) is 15.3. The Morgan fingerprint density at radius 3 is 2.19 bits per heavy atom. The molecule has 11 atom stereocenters. The third kappa shape index (κ3) is 8.00. The molecular formula is C36H70N4O3. The van der Waals surface area contributed by atoms with Crippen molar-refractivity contribution in [1.82, 2.24) is 5.32 Å². The normalized spacial score (nSPS) is 39.7. The maximum absolute atomic E-state index is 6.99. The largest absolute Gasteiger partial charge is 0.378 e. The Labute approximate surface area is 264 Å². The number of hydrogen-bond acceptors (Lipinski definition) is 7. The highest BCUT2D eigenvalue weighted by Gasteiger charge is 2.66. The molecule has 5 unspecified atom stereocenters. The van der Waals surface area contributed by atoms with Gasteiger partial charge in [0, 0.05) is 25.2 Å². The van der Waals surface area contributed by atoms with E-state index in [2.05, 4.69) is 33.0 Å². The molecule has 0 aromatic carbocycles. The number of nitrogens with two attached hydrogens (primary N) is 3. The van der Waals surface area contributed by atoms with E-state index in [0.717, 1.165) is 58.6 Å². The van der Waals surface area contributed by atoms with E-state index in [9.17, 15) is 0 Å². The Kier molecular flexibility index (Phi) is 14.1. The molecule has 0 amide bonds. The van der Waals surface area contributed by atoms with Crippen LogP contribution < -0.4 is 22.5 Å². The molecule has 0 heterocycles. The lowest BCUT2D eigenvalue weighted by molar-refractivity contribution is -0.227. The maximum atomic E-state index is 6.99. The molecule has 0 aliphatic heterocycles. The molecule has 0 aromatic rings. The summed E-state index contributed by atoms with van der Waals surface area (Å²) in [6.07, 6.45) is 16.2. The maximum Gasteiger partial charge on any atom is 0.0637 e. The fourth-order valence-electron chi connectivity index (χ4n) is 10.6. The predicted molar refractivity (Wildman–Crippen MR) is 178 cm³/mol. The van der Waals surface area contributed by atoms with E-state index in [1.165, 1.54) is 57.8 Å². The van der Waals surface area contributed by atoms with Crippen LogP contribution in [0.15, 0.2) is 0 Å². The second kappa shape index (κ2) is 17.0. The molecule has 4 saturated carbocycles. The topological polar surface area (TPSA) is 118 Å². The zero-order chi connectivity index (χ0) is 30.9. The standard InChI is InChI=1S/C36H70N4O3/c1-5-18-40-19-6-10-26(2)29-11-12-30-34-31(25-33(36(29,30)4)43-22-9-17-39)35(3)14-13-28(41-20-7-15-37)23-27(35)24-32(34)42-21-8-16-38/h26-34,40H,5-25,37-39H2,1-4H3/t26-,27?,28-,29?,30+,31+,32-,33+,34?,35?,36?/m1/s1. The van der Waals surface area contributed by atoms with Gasteiger partial charge in [-0.05, 0) is 157 Å². The molecule has 0 radical (unpaired) electrons. The van der Waals surface area contributed by atoms with Crippen LogP contribution in [0, 0.1) is 46.3 Å². The van der Waals surface area contributed by atoms with Crippen LogP contribution in [0.4, 0.5) is 0 Å². The third-order valence-corrected chi connectivity index (χ3v) is 12.9. The minimum atomic E-state index is 0.188. The summed E-state index contributed by atoms with van der Waals surface area (Å²) in [5.41, 5.74) is 18.2. The van der Waals surface area contributed by atoms with Crippen LogP contribution in [0.1, 0.15) is 111 Å². The molecule has 7 nitrogen and oxygen atoms in total. The summed E-state index contributed by atoms with van der Waals surface area (Å²) >= 11 is 0. The lowest BCUT2D eigenvalue weighted by atomic mass is 9.43. The molecule has 7 N–H and O–H groups in total. The van der Waals surface area contributed by atoms with Gasteiger partial charge in [-0.3, -0.25) is 0 Å². The summed E-state index contributed by atoms with van der Waals surface area (Å²) in [4.78, 5) is 0. The van der Waals surface area contributed by atoms with Gasteiger partial charge in [0.2, 0.25) is 0 Å². The number of ether oxygens (including phenoxy) is 3. The zero-order valence-corrected chi connectivity index (χ0v) is 28.5. The van der Waals surface area contributed by atoms with Gasteiger partial charge in [0.05, 0.1) is 18.3 Å². The Bertz CT molecular complexity index is 802. The van der Waals surface area contributed by atoms with Gasteiger partial charge in [-0.15, -0.1) is 0 Å². The summed E-state index contributed by atoms with van der Waals surface area (Å²) in [7, 11) is 0. The van der Waals surface area contributed by atoms with Gasteiger partial charge in [0.1, 0.15) is 0 Å². The first kappa shape index (κ1) is 35.6. The summed E-state index contributed by atoms with van der Waals surface area (Å²) in [6.45, 7) is 16.8. The van der Waals surface area contributed by atoms with Crippen molar-refractivity contribution in [2.45, 2.75) is 129 Å². The van der Waals surface area contributed by atoms with E-state index in [1.54, 1.807) is 0 Å². The molecule has 4 aliphatic carbocycles. The first-order valence-electron chi connectivity index (χ1n) is 18.5. The van der Waals surface area contributed by atoms with Crippen LogP contribution in [-0.4, -0.2) is 70.9 Å². The molecule has 0 spiro atoms. The molecule has 252 valence electrons. The molecule has 43 heavy (non-hydrogen) atoms. The SMILES string of the molecule is CCCNCCC[C@@H](C)C1CC[C@H]2C3[C@H](OCCCN)CC4C[C@H](OCCCN)CCC4(C)[C@H]3C[C@H](OCCCN)C12C. The number of fused-ring (bicyclic) bond motifs is 5. The highest BCUT2D eigenvalue weighted by atomic mass is 16.5. The van der Waals surface area contributed by atoms with Crippen molar-refractivity contribution in [2.24, 2.45) is 63.5 Å². The third-order valence-electron chi connectivity index (χ3n) is 12.9. The van der Waals surface area contributed by atoms with E-state index in [4.69, 9.17) is 31.4 Å². The molecule has 4 fully saturated rings. The average Bonchev–Trinajstić information content (AvgIpc) is 3.36. The van der Waals surface area contributed by atoms with Crippen LogP contribution in [0.5, 0.6) is 0 Å². The van der Waals surface area contributed by atoms with Crippen molar-refractivity contribution >= 4 is 0 Å². The van der Waals surface area contributed by atoms with Gasteiger partial charge in [-0.1, -0.05) is 27.7 Å². The quantitative estimate of drug-likeness (QED) is 0.144. The minimum absolute atomic E-state index is 0.188. The highest BCUT2D eigenvalue weighted by molar-refractivity contribution is 5.15. The van der Waals surface area contributed by atoms with Crippen molar-refractivity contribution < 1.29 is 14.2 Å². The Balaban J connectivity index is 1.59. The van der Waals surface area contributed by atoms with E-state index < -0.39 is 0 Å². The van der Waals surface area contributed by atoms with Crippen LogP contribution in [-0.2, 0) is 14.2 Å². The van der Waals surface area contributed by atoms with E-state index in [0.29, 0.717) is 78.9 Å². The van der Waals surface area contributed by atoms with Gasteiger partial charge in [-0.2, -0.15) is 0 Å². The van der Waals surface area contributed by atoms with Gasteiger partial charge in [0.15, 0.2) is 0 Å². The Hall–Kier alpha value is -0.280. The summed E-state index contributed by atoms with van der Waals surface area (Å²) < 4.78 is 20.3. The Morgan fingerprint density at radius 2 is 1.49 bits per heavy atom. The summed E-state index contributed by atoms with van der Waals surface area (Å²) in [5.74, 6) is 3.94. The van der Waals surface area contributed by atoms with Gasteiger partial charge >= 0.3 is 0 Å². The number of rotatable bonds is 19. The number of hydrogen-bond donors (Lipinski definition) is 4. The van der Waals surface area contributed by atoms with E-state index in [1.807, 2.05) is 0 Å². The van der Waals surface area contributed by atoms with Gasteiger partial charge in [0.25, 0.3) is 0 Å². The predicted octanol–water partition coefficient (Wildman–Crippen LogP) is 5.48. The van der Waals surface area contributed by atoms with Crippen molar-refractivity contribution in [1.29, 1.82) is 0 Å². The fourth-order valence-corrected chi connectivity index (χ4v) is 10.6. The van der Waals surface area contributed by atoms with Crippen LogP contribution in [0.2, 0.25) is 0 Å². The molecule has 4 aliphatic rings. The van der Waals surface area contributed by atoms with Crippen molar-refractivity contribution in [3.8, 4) is 0 Å². The van der Waals surface area contributed by atoms with Crippen LogP contribution >= 0.6 is 0 Å². The average molecular weight is 607 g/mol. The fraction of sp³-hybridized carbons (Fsp3) is 1.00. The first-order valence-corrected chi connectivity index (χ1v) is 18.5. The first-order chi connectivity index (χ1) is 20.8. The molecule has 7 heteroatoms. The Morgan fingerprint density at radius 1 is 0.791 bits per heavy atom. The summed E-state index contributed by atoms with van der Waals surface area (Å²) in [5, 5.41) is 3.63. The zero-order valence-electron chi connectivity index (χ0n) is 28.5. The van der Waals surface area contributed by atoms with Crippen molar-refractivity contribution in [3.05, 3.63) is 0 Å². The van der Waals surface area contributed by atoms with Crippen LogP contribution in [0.25, 0.3) is 0 Å². The van der Waals surface area contributed by atoms with Crippen molar-refractivity contribution in [2.75, 3.05) is 52.5 Å². The molecule has 4 rings (SSSR count). The van der Waals surface area contributed by atoms with Gasteiger partial charge in [-0.25, -0.2) is 0 Å². The monoisotopic (exact) mass is 607 g/mol. The second-order valence-electron chi connectivity index (χ2n) is 15.3. The van der Waals surface area contributed by atoms with E-state index in [-0.39, 0.29) is 5.41 Å². The smallest absolute Gasteiger partial charge is 0.0637 e. The van der Waals surface area contributed by atoms with Crippen molar-refractivity contribution in [3.63, 3.8) is 0 Å². The lowest BCUT2D eigenvalue weighted by Gasteiger charge is -2.65.